The maximum atomic E-state index is 12.9. The van der Waals surface area contributed by atoms with E-state index in [4.69, 9.17) is 9.79 Å². The van der Waals surface area contributed by atoms with Gasteiger partial charge in [0.2, 0.25) is 0 Å². The Labute approximate surface area is 241 Å². The third-order valence-corrected chi connectivity index (χ3v) is 9.47. The van der Waals surface area contributed by atoms with Crippen LogP contribution in [0.5, 0.6) is 0 Å². The van der Waals surface area contributed by atoms with Crippen molar-refractivity contribution in [2.45, 2.75) is 64.6 Å². The van der Waals surface area contributed by atoms with Crippen LogP contribution in [-0.2, 0) is 18.7 Å². The first kappa shape index (κ1) is 30.1. The van der Waals surface area contributed by atoms with E-state index < -0.39 is 42.7 Å². The summed E-state index contributed by atoms with van der Waals surface area (Å²) in [4.78, 5) is 42.8. The molecule has 0 radical (unpaired) electrons. The maximum Gasteiger partial charge on any atom is 1.00 e. The quantitative estimate of drug-likeness (QED) is 0.228. The smallest absolute Gasteiger partial charge is 1.00 e. The van der Waals surface area contributed by atoms with Crippen molar-refractivity contribution in [1.29, 1.82) is 0 Å². The molecule has 0 bridgehead atoms. The zero-order valence-electron chi connectivity index (χ0n) is 22.1. The zero-order chi connectivity index (χ0) is 23.0. The van der Waals surface area contributed by atoms with Crippen LogP contribution in [0.3, 0.4) is 0 Å². The Morgan fingerprint density at radius 3 is 2.48 bits per heavy atom. The van der Waals surface area contributed by atoms with Gasteiger partial charge in [0.15, 0.2) is 11.6 Å². The number of Topliss-reactive ketones (excluding diaryl/α,β-unsaturated/α-hetero) is 1. The van der Waals surface area contributed by atoms with Crippen molar-refractivity contribution in [2.75, 3.05) is 6.61 Å². The average molecular weight is 502 g/mol. The van der Waals surface area contributed by atoms with E-state index in [-0.39, 0.29) is 98.3 Å². The molecule has 176 valence electrons. The van der Waals surface area contributed by atoms with Crippen LogP contribution >= 0.6 is 7.82 Å². The number of ketones is 2. The zero-order valence-corrected chi connectivity index (χ0v) is 25.0. The molecule has 0 aromatic rings. The van der Waals surface area contributed by atoms with Crippen molar-refractivity contribution in [3.8, 4) is 0 Å². The fraction of sp³-hybridized carbons (Fsp3) is 0.727. The van der Waals surface area contributed by atoms with E-state index in [1.807, 2.05) is 6.92 Å². The van der Waals surface area contributed by atoms with Crippen LogP contribution in [0.15, 0.2) is 23.3 Å². The van der Waals surface area contributed by atoms with Gasteiger partial charge < -0.3 is 22.9 Å². The number of phosphoric acid groups is 1. The molecular weight excluding hydrogens is 469 g/mol. The fourth-order valence-corrected chi connectivity index (χ4v) is 7.69. The Balaban J connectivity index is 0.00000289. The summed E-state index contributed by atoms with van der Waals surface area (Å²) in [7, 11) is -4.84. The molecule has 3 fully saturated rings. The summed E-state index contributed by atoms with van der Waals surface area (Å²) in [6.45, 7) is 4.95. The van der Waals surface area contributed by atoms with Gasteiger partial charge in [-0.2, -0.15) is 0 Å². The number of fused-ring (bicyclic) bond motifs is 5. The second-order valence-electron chi connectivity index (χ2n) is 10.2. The van der Waals surface area contributed by atoms with E-state index >= 15 is 0 Å². The standard InChI is InChI=1S/C22H31O8P.2Na.2H/c1-12-8-14(23)9-13-4-5-15-16-6-7-22(26,18(25)11-30-31(27,28)29)20(16,2)10-17(24)19(15)21(12,13)3;;;;/h8-9,15-17,19,24,26H,4-7,10-11H2,1-3H3,(H2,27,28,29);;;;/q;2*+1;2*-1/t15-,16-,17?,19+,20-,21-,22-;;;;/m0..../s1. The number of aliphatic hydroxyl groups excluding tert-OH is 1. The second-order valence-corrected chi connectivity index (χ2v) is 11.5. The minimum absolute atomic E-state index is 0. The SMILES string of the molecule is CC1=CC(=O)C=C2CC[C@@H]3[C@H](C(O)C[C@@]4(C)[C@H]3CC[C@]4(O)C(=O)COP(=O)(O)O)[C@@]12C.[H-].[H-].[Na+].[Na+]. The molecule has 4 N–H and O–H groups in total. The number of hydrogen-bond acceptors (Lipinski definition) is 6. The second kappa shape index (κ2) is 9.96. The van der Waals surface area contributed by atoms with E-state index in [0.717, 1.165) is 24.0 Å². The fourth-order valence-electron chi connectivity index (χ4n) is 7.40. The van der Waals surface area contributed by atoms with Crippen LogP contribution in [0, 0.1) is 28.6 Å². The molecule has 11 heteroatoms. The number of phosphoric ester groups is 1. The molecule has 33 heavy (non-hydrogen) atoms. The van der Waals surface area contributed by atoms with E-state index in [0.29, 0.717) is 6.42 Å². The van der Waals surface area contributed by atoms with Crippen molar-refractivity contribution in [3.05, 3.63) is 23.3 Å². The van der Waals surface area contributed by atoms with Crippen LogP contribution < -0.4 is 59.1 Å². The van der Waals surface area contributed by atoms with Gasteiger partial charge in [-0.3, -0.25) is 14.1 Å². The molecule has 4 aliphatic rings. The predicted molar refractivity (Wildman–Crippen MR) is 113 cm³/mol. The van der Waals surface area contributed by atoms with Crippen molar-refractivity contribution in [2.24, 2.45) is 28.6 Å². The molecule has 1 unspecified atom stereocenters. The summed E-state index contributed by atoms with van der Waals surface area (Å²) in [6.07, 6.45) is 4.96. The number of rotatable bonds is 4. The number of carbonyl (C=O) groups excluding carboxylic acids is 2. The van der Waals surface area contributed by atoms with Crippen LogP contribution in [0.25, 0.3) is 0 Å². The van der Waals surface area contributed by atoms with Crippen LogP contribution in [0.2, 0.25) is 0 Å². The van der Waals surface area contributed by atoms with Gasteiger partial charge >= 0.3 is 66.9 Å². The summed E-state index contributed by atoms with van der Waals surface area (Å²) >= 11 is 0. The molecule has 0 aromatic heterocycles. The largest absolute Gasteiger partial charge is 1.00 e. The van der Waals surface area contributed by atoms with Crippen molar-refractivity contribution >= 4 is 19.4 Å². The van der Waals surface area contributed by atoms with Gasteiger partial charge in [0.25, 0.3) is 0 Å². The normalized spacial score (nSPS) is 42.0. The first-order valence-corrected chi connectivity index (χ1v) is 12.3. The van der Waals surface area contributed by atoms with E-state index in [2.05, 4.69) is 11.4 Å². The molecule has 8 nitrogen and oxygen atoms in total. The van der Waals surface area contributed by atoms with E-state index in [1.54, 1.807) is 19.1 Å². The van der Waals surface area contributed by atoms with E-state index in [1.165, 1.54) is 0 Å². The Morgan fingerprint density at radius 2 is 1.88 bits per heavy atom. The van der Waals surface area contributed by atoms with Gasteiger partial charge in [0.1, 0.15) is 12.2 Å². The molecule has 3 saturated carbocycles. The third-order valence-electron chi connectivity index (χ3n) is 9.01. The number of carbonyl (C=O) groups is 2. The molecule has 0 heterocycles. The topological polar surface area (TPSA) is 141 Å². The van der Waals surface area contributed by atoms with Gasteiger partial charge in [0.05, 0.1) is 6.10 Å². The summed E-state index contributed by atoms with van der Waals surface area (Å²) in [5.74, 6) is -0.887. The van der Waals surface area contributed by atoms with Gasteiger partial charge in [-0.05, 0) is 63.0 Å². The molecule has 4 aliphatic carbocycles. The minimum Gasteiger partial charge on any atom is -1.00 e. The van der Waals surface area contributed by atoms with Crippen molar-refractivity contribution in [3.63, 3.8) is 0 Å². The molecule has 0 aliphatic heterocycles. The number of aliphatic hydroxyl groups is 2. The van der Waals surface area contributed by atoms with Gasteiger partial charge in [-0.25, -0.2) is 4.57 Å². The van der Waals surface area contributed by atoms with E-state index in [9.17, 15) is 24.4 Å². The van der Waals surface area contributed by atoms with Gasteiger partial charge in [0, 0.05) is 16.7 Å². The monoisotopic (exact) mass is 502 g/mol. The molecule has 0 amide bonds. The van der Waals surface area contributed by atoms with Gasteiger partial charge in [-0.1, -0.05) is 25.0 Å². The Hall–Kier alpha value is 0.850. The average Bonchev–Trinajstić information content (AvgIpc) is 2.92. The Morgan fingerprint density at radius 1 is 1.24 bits per heavy atom. The minimum atomic E-state index is -4.84. The first-order chi connectivity index (χ1) is 14.2. The number of hydrogen-bond donors (Lipinski definition) is 4. The molecular formula is C22H33Na2O8P. The van der Waals surface area contributed by atoms with Crippen LogP contribution in [0.1, 0.15) is 55.7 Å². The Bertz CT molecular complexity index is 956. The van der Waals surface area contributed by atoms with Gasteiger partial charge in [-0.15, -0.1) is 0 Å². The molecule has 0 saturated heterocycles. The first-order valence-electron chi connectivity index (χ1n) is 10.8. The number of allylic oxidation sites excluding steroid dienone is 4. The summed E-state index contributed by atoms with van der Waals surface area (Å²) in [5.41, 5.74) is -1.20. The maximum absolute atomic E-state index is 12.9. The summed E-state index contributed by atoms with van der Waals surface area (Å²) in [6, 6.07) is 0. The summed E-state index contributed by atoms with van der Waals surface area (Å²) in [5, 5.41) is 22.8. The predicted octanol–water partition coefficient (Wildman–Crippen LogP) is -3.70. The third kappa shape index (κ3) is 4.67. The molecule has 4 rings (SSSR count). The van der Waals surface area contributed by atoms with Crippen LogP contribution in [0.4, 0.5) is 0 Å². The van der Waals surface area contributed by atoms with Crippen molar-refractivity contribution < 1.29 is 101 Å². The van der Waals surface area contributed by atoms with Crippen LogP contribution in [-0.4, -0.2) is 49.9 Å². The summed E-state index contributed by atoms with van der Waals surface area (Å²) < 4.78 is 15.4. The molecule has 0 spiro atoms. The Kier molecular flexibility index (Phi) is 9.08. The van der Waals surface area contributed by atoms with Crippen molar-refractivity contribution in [1.82, 2.24) is 0 Å². The molecule has 7 atom stereocenters. The molecule has 0 aromatic carbocycles.